The fourth-order valence-corrected chi connectivity index (χ4v) is 5.70. The third-order valence-electron chi connectivity index (χ3n) is 5.20. The standard InChI is InChI=1S/C25H22N4OS2/c1-17-9-7-15-29-23(17)28-22(18-10-3-2-4-11-18)24(29)27-21(30)14-8-16-31-25-26-19-12-5-6-13-20(19)32-25/h2-7,9-13,15H,8,14,16H2,1H3,(H,27,30). The summed E-state index contributed by atoms with van der Waals surface area (Å²) < 4.78 is 4.21. The molecule has 0 aliphatic rings. The van der Waals surface area contributed by atoms with Gasteiger partial charge < -0.3 is 5.32 Å². The summed E-state index contributed by atoms with van der Waals surface area (Å²) in [5.41, 5.74) is 4.73. The summed E-state index contributed by atoms with van der Waals surface area (Å²) in [7, 11) is 0. The van der Waals surface area contributed by atoms with Crippen molar-refractivity contribution in [2.75, 3.05) is 11.1 Å². The van der Waals surface area contributed by atoms with E-state index in [-0.39, 0.29) is 5.91 Å². The second-order valence-corrected chi connectivity index (χ2v) is 9.88. The molecular weight excluding hydrogens is 436 g/mol. The first kappa shape index (κ1) is 20.7. The molecule has 0 fully saturated rings. The van der Waals surface area contributed by atoms with Crippen LogP contribution < -0.4 is 5.32 Å². The van der Waals surface area contributed by atoms with Crippen molar-refractivity contribution in [3.8, 4) is 11.3 Å². The summed E-state index contributed by atoms with van der Waals surface area (Å²) in [6, 6.07) is 22.1. The van der Waals surface area contributed by atoms with Gasteiger partial charge in [-0.1, -0.05) is 60.3 Å². The first-order chi connectivity index (χ1) is 15.7. The monoisotopic (exact) mass is 458 g/mol. The zero-order valence-corrected chi connectivity index (χ0v) is 19.2. The number of pyridine rings is 1. The van der Waals surface area contributed by atoms with E-state index in [9.17, 15) is 4.79 Å². The van der Waals surface area contributed by atoms with Crippen LogP contribution >= 0.6 is 23.1 Å². The zero-order valence-electron chi connectivity index (χ0n) is 17.6. The van der Waals surface area contributed by atoms with Gasteiger partial charge in [-0.25, -0.2) is 9.97 Å². The maximum atomic E-state index is 12.8. The van der Waals surface area contributed by atoms with Crippen LogP contribution in [0, 0.1) is 6.92 Å². The summed E-state index contributed by atoms with van der Waals surface area (Å²) in [6.45, 7) is 2.03. The number of carbonyl (C=O) groups is 1. The lowest BCUT2D eigenvalue weighted by Gasteiger charge is -2.08. The van der Waals surface area contributed by atoms with Gasteiger partial charge in [-0.05, 0) is 37.1 Å². The van der Waals surface area contributed by atoms with Crippen molar-refractivity contribution < 1.29 is 4.79 Å². The molecule has 0 aliphatic heterocycles. The number of rotatable bonds is 7. The number of nitrogens with one attached hydrogen (secondary N) is 1. The Kier molecular flexibility index (Phi) is 5.92. The number of thioether (sulfide) groups is 1. The van der Waals surface area contributed by atoms with Crippen LogP contribution in [0.25, 0.3) is 27.1 Å². The summed E-state index contributed by atoms with van der Waals surface area (Å²) >= 11 is 3.41. The Morgan fingerprint density at radius 3 is 2.69 bits per heavy atom. The number of hydrogen-bond donors (Lipinski definition) is 1. The van der Waals surface area contributed by atoms with Crippen molar-refractivity contribution in [1.29, 1.82) is 0 Å². The van der Waals surface area contributed by atoms with Crippen LogP contribution in [-0.4, -0.2) is 26.0 Å². The molecule has 0 spiro atoms. The van der Waals surface area contributed by atoms with E-state index in [0.29, 0.717) is 6.42 Å². The normalized spacial score (nSPS) is 11.3. The van der Waals surface area contributed by atoms with Gasteiger partial charge in [0.2, 0.25) is 5.91 Å². The van der Waals surface area contributed by atoms with E-state index in [1.165, 1.54) is 4.70 Å². The van der Waals surface area contributed by atoms with Crippen LogP contribution in [0.3, 0.4) is 0 Å². The van der Waals surface area contributed by atoms with E-state index in [1.54, 1.807) is 23.1 Å². The van der Waals surface area contributed by atoms with E-state index in [4.69, 9.17) is 4.98 Å². The quantitative estimate of drug-likeness (QED) is 0.225. The number of aryl methyl sites for hydroxylation is 1. The third kappa shape index (κ3) is 4.26. The lowest BCUT2D eigenvalue weighted by molar-refractivity contribution is -0.116. The molecular formula is C25H22N4OS2. The number of benzene rings is 2. The van der Waals surface area contributed by atoms with E-state index in [1.807, 2.05) is 78.2 Å². The molecule has 7 heteroatoms. The molecule has 5 rings (SSSR count). The van der Waals surface area contributed by atoms with Gasteiger partial charge in [-0.15, -0.1) is 11.3 Å². The molecule has 3 aromatic heterocycles. The molecule has 0 atom stereocenters. The van der Waals surface area contributed by atoms with Gasteiger partial charge >= 0.3 is 0 Å². The van der Waals surface area contributed by atoms with Crippen LogP contribution in [0.15, 0.2) is 77.3 Å². The van der Waals surface area contributed by atoms with Gasteiger partial charge in [0.1, 0.15) is 17.2 Å². The summed E-state index contributed by atoms with van der Waals surface area (Å²) in [6.07, 6.45) is 3.17. The fourth-order valence-electron chi connectivity index (χ4n) is 3.62. The highest BCUT2D eigenvalue weighted by molar-refractivity contribution is 8.01. The third-order valence-corrected chi connectivity index (χ3v) is 7.46. The molecule has 0 unspecified atom stereocenters. The Morgan fingerprint density at radius 1 is 1.03 bits per heavy atom. The number of anilines is 1. The maximum Gasteiger partial charge on any atom is 0.225 e. The number of imidazole rings is 1. The van der Waals surface area contributed by atoms with Crippen molar-refractivity contribution in [3.05, 3.63) is 78.5 Å². The van der Waals surface area contributed by atoms with Crippen molar-refractivity contribution in [3.63, 3.8) is 0 Å². The summed E-state index contributed by atoms with van der Waals surface area (Å²) in [4.78, 5) is 22.3. The van der Waals surface area contributed by atoms with Gasteiger partial charge in [0.25, 0.3) is 0 Å². The molecule has 0 aliphatic carbocycles. The molecule has 2 aromatic carbocycles. The number of carbonyl (C=O) groups excluding carboxylic acids is 1. The SMILES string of the molecule is Cc1cccn2c(NC(=O)CCCSc3nc4ccccc4s3)c(-c3ccccc3)nc12. The average Bonchev–Trinajstić information content (AvgIpc) is 3.39. The van der Waals surface area contributed by atoms with Gasteiger partial charge in [-0.3, -0.25) is 9.20 Å². The van der Waals surface area contributed by atoms with Gasteiger partial charge in [-0.2, -0.15) is 0 Å². The van der Waals surface area contributed by atoms with Crippen LogP contribution in [0.2, 0.25) is 0 Å². The molecule has 0 saturated carbocycles. The van der Waals surface area contributed by atoms with Crippen molar-refractivity contribution in [2.24, 2.45) is 0 Å². The lowest BCUT2D eigenvalue weighted by Crippen LogP contribution is -2.13. The first-order valence-electron chi connectivity index (χ1n) is 10.5. The number of fused-ring (bicyclic) bond motifs is 2. The van der Waals surface area contributed by atoms with Crippen molar-refractivity contribution >= 4 is 50.7 Å². The number of thiazole rings is 1. The minimum atomic E-state index is -0.00427. The van der Waals surface area contributed by atoms with E-state index >= 15 is 0 Å². The average molecular weight is 459 g/mol. The topological polar surface area (TPSA) is 59.3 Å². The van der Waals surface area contributed by atoms with Crippen LogP contribution in [-0.2, 0) is 4.79 Å². The number of amides is 1. The molecule has 3 heterocycles. The number of nitrogens with zero attached hydrogens (tertiary/aromatic N) is 3. The van der Waals surface area contributed by atoms with Crippen LogP contribution in [0.5, 0.6) is 0 Å². The Bertz CT molecular complexity index is 1360. The Morgan fingerprint density at radius 2 is 1.84 bits per heavy atom. The van der Waals surface area contributed by atoms with Crippen LogP contribution in [0.1, 0.15) is 18.4 Å². The second-order valence-electron chi connectivity index (χ2n) is 7.51. The second kappa shape index (κ2) is 9.14. The lowest BCUT2D eigenvalue weighted by atomic mass is 10.1. The summed E-state index contributed by atoms with van der Waals surface area (Å²) in [5, 5.41) is 3.12. The highest BCUT2D eigenvalue weighted by Gasteiger charge is 2.17. The Balaban J connectivity index is 1.27. The van der Waals surface area contributed by atoms with Crippen LogP contribution in [0.4, 0.5) is 5.82 Å². The summed E-state index contributed by atoms with van der Waals surface area (Å²) in [5.74, 6) is 1.57. The Hall–Kier alpha value is -3.16. The number of hydrogen-bond acceptors (Lipinski definition) is 5. The molecule has 1 N–H and O–H groups in total. The highest BCUT2D eigenvalue weighted by Crippen LogP contribution is 2.31. The molecule has 160 valence electrons. The predicted octanol–water partition coefficient (Wildman–Crippen LogP) is 6.43. The molecule has 0 radical (unpaired) electrons. The molecule has 5 aromatic rings. The maximum absolute atomic E-state index is 12.8. The van der Waals surface area contributed by atoms with E-state index < -0.39 is 0 Å². The van der Waals surface area contributed by atoms with Gasteiger partial charge in [0.15, 0.2) is 4.34 Å². The van der Waals surface area contributed by atoms with Crippen molar-refractivity contribution in [2.45, 2.75) is 24.1 Å². The minimum Gasteiger partial charge on any atom is -0.310 e. The zero-order chi connectivity index (χ0) is 21.9. The highest BCUT2D eigenvalue weighted by atomic mass is 32.2. The molecule has 0 saturated heterocycles. The predicted molar refractivity (Wildman–Crippen MR) is 134 cm³/mol. The van der Waals surface area contributed by atoms with Gasteiger partial charge in [0.05, 0.1) is 10.2 Å². The molecule has 32 heavy (non-hydrogen) atoms. The smallest absolute Gasteiger partial charge is 0.225 e. The van der Waals surface area contributed by atoms with Gasteiger partial charge in [0, 0.05) is 23.9 Å². The van der Waals surface area contributed by atoms with E-state index in [0.717, 1.165) is 50.3 Å². The Labute approximate surface area is 194 Å². The van der Waals surface area contributed by atoms with E-state index in [2.05, 4.69) is 16.4 Å². The number of para-hydroxylation sites is 1. The molecule has 1 amide bonds. The fraction of sp³-hybridized carbons (Fsp3) is 0.160. The first-order valence-corrected chi connectivity index (χ1v) is 12.3. The number of aromatic nitrogens is 3. The molecule has 5 nitrogen and oxygen atoms in total. The van der Waals surface area contributed by atoms with Crippen molar-refractivity contribution in [1.82, 2.24) is 14.4 Å². The largest absolute Gasteiger partial charge is 0.310 e. The molecule has 0 bridgehead atoms. The minimum absolute atomic E-state index is 0.00427.